The zero-order valence-electron chi connectivity index (χ0n) is 16.7. The highest BCUT2D eigenvalue weighted by Gasteiger charge is 2.50. The molecule has 2 saturated heterocycles. The summed E-state index contributed by atoms with van der Waals surface area (Å²) in [7, 11) is -3.17. The Kier molecular flexibility index (Phi) is 4.88. The molecule has 0 aliphatic carbocycles. The largest absolute Gasteiger partial charge is 0.454 e. The van der Waals surface area contributed by atoms with Crippen molar-refractivity contribution < 1.29 is 32.3 Å². The van der Waals surface area contributed by atoms with Gasteiger partial charge in [-0.05, 0) is 38.0 Å². The molecule has 162 valence electrons. The van der Waals surface area contributed by atoms with Gasteiger partial charge in [-0.1, -0.05) is 6.07 Å². The normalized spacial score (nSPS) is 26.7. The predicted octanol–water partition coefficient (Wildman–Crippen LogP) is 0.218. The lowest BCUT2D eigenvalue weighted by molar-refractivity contribution is -0.139. The predicted molar refractivity (Wildman–Crippen MR) is 105 cm³/mol. The average molecular weight is 437 g/mol. The summed E-state index contributed by atoms with van der Waals surface area (Å²) in [5.74, 6) is -0.0528. The number of rotatable bonds is 5. The van der Waals surface area contributed by atoms with Gasteiger partial charge in [-0.3, -0.25) is 14.5 Å². The number of carbonyl (C=O) groups excluding carboxylic acids is 3. The quantitative estimate of drug-likeness (QED) is 0.654. The van der Waals surface area contributed by atoms with Gasteiger partial charge in [0.25, 0.3) is 5.91 Å². The average Bonchev–Trinajstić information content (AvgIpc) is 3.35. The molecule has 2 unspecified atom stereocenters. The summed E-state index contributed by atoms with van der Waals surface area (Å²) in [6, 6.07) is 3.85. The number of nitrogens with zero attached hydrogens (tertiary/aromatic N) is 2. The van der Waals surface area contributed by atoms with Crippen LogP contribution in [0.1, 0.15) is 25.8 Å². The van der Waals surface area contributed by atoms with Crippen molar-refractivity contribution in [2.45, 2.75) is 31.8 Å². The molecule has 4 amide bonds. The first kappa shape index (κ1) is 20.5. The number of fused-ring (bicyclic) bond motifs is 1. The van der Waals surface area contributed by atoms with E-state index in [2.05, 4.69) is 5.32 Å². The van der Waals surface area contributed by atoms with Gasteiger partial charge < -0.3 is 19.7 Å². The Bertz CT molecular complexity index is 1020. The molecular formula is C19H23N3O7S. The minimum absolute atomic E-state index is 0.0345. The number of sulfone groups is 1. The van der Waals surface area contributed by atoms with E-state index in [0.717, 1.165) is 4.90 Å². The molecular weight excluding hydrogens is 414 g/mol. The molecule has 11 heteroatoms. The molecule has 0 radical (unpaired) electrons. The Balaban J connectivity index is 1.52. The van der Waals surface area contributed by atoms with Crippen LogP contribution in [0.2, 0.25) is 0 Å². The molecule has 4 rings (SSSR count). The standard InChI is InChI=1S/C19H23N3O7S/c1-3-21(13-6-7-30(26,27)10-13)16(23)9-22-17(24)19(2,20-18(22)25)12-4-5-14-15(8-12)29-11-28-14/h4-5,8,13H,3,6-7,9-11H2,1-2H3,(H,20,25). The Morgan fingerprint density at radius 2 is 2.03 bits per heavy atom. The third-order valence-electron chi connectivity index (χ3n) is 5.83. The molecule has 2 atom stereocenters. The smallest absolute Gasteiger partial charge is 0.325 e. The number of benzene rings is 1. The van der Waals surface area contributed by atoms with Crippen molar-refractivity contribution in [3.63, 3.8) is 0 Å². The first-order valence-corrected chi connectivity index (χ1v) is 11.5. The fraction of sp³-hybridized carbons (Fsp3) is 0.526. The summed E-state index contributed by atoms with van der Waals surface area (Å²) in [5, 5.41) is 2.66. The van der Waals surface area contributed by atoms with Gasteiger partial charge in [-0.15, -0.1) is 0 Å². The molecule has 3 aliphatic rings. The van der Waals surface area contributed by atoms with Crippen molar-refractivity contribution in [1.29, 1.82) is 0 Å². The topological polar surface area (TPSA) is 122 Å². The first-order chi connectivity index (χ1) is 14.1. The van der Waals surface area contributed by atoms with Crippen LogP contribution in [0.25, 0.3) is 0 Å². The van der Waals surface area contributed by atoms with Crippen LogP contribution in [0, 0.1) is 0 Å². The Morgan fingerprint density at radius 1 is 1.30 bits per heavy atom. The van der Waals surface area contributed by atoms with Gasteiger partial charge in [0.2, 0.25) is 12.7 Å². The van der Waals surface area contributed by atoms with E-state index < -0.39 is 45.8 Å². The van der Waals surface area contributed by atoms with Gasteiger partial charge in [0.1, 0.15) is 12.1 Å². The van der Waals surface area contributed by atoms with Crippen LogP contribution in [0.3, 0.4) is 0 Å². The maximum atomic E-state index is 13.1. The van der Waals surface area contributed by atoms with Crippen molar-refractivity contribution in [3.8, 4) is 11.5 Å². The van der Waals surface area contributed by atoms with E-state index in [4.69, 9.17) is 9.47 Å². The van der Waals surface area contributed by atoms with E-state index in [9.17, 15) is 22.8 Å². The van der Waals surface area contributed by atoms with E-state index >= 15 is 0 Å². The third-order valence-corrected chi connectivity index (χ3v) is 7.58. The second kappa shape index (κ2) is 7.15. The summed E-state index contributed by atoms with van der Waals surface area (Å²) in [6.07, 6.45) is 0.358. The van der Waals surface area contributed by atoms with Crippen LogP contribution in [0.15, 0.2) is 18.2 Å². The van der Waals surface area contributed by atoms with Crippen molar-refractivity contribution in [2.75, 3.05) is 31.4 Å². The van der Waals surface area contributed by atoms with Crippen molar-refractivity contribution in [1.82, 2.24) is 15.1 Å². The lowest BCUT2D eigenvalue weighted by Gasteiger charge is -2.28. The SMILES string of the molecule is CCN(C(=O)CN1C(=O)NC(C)(c2ccc3c(c2)OCO3)C1=O)C1CCS(=O)(=O)C1. The highest BCUT2D eigenvalue weighted by Crippen LogP contribution is 2.37. The maximum absolute atomic E-state index is 13.1. The molecule has 3 aliphatic heterocycles. The summed E-state index contributed by atoms with van der Waals surface area (Å²) in [5.41, 5.74) is -0.846. The number of hydrogen-bond acceptors (Lipinski definition) is 7. The van der Waals surface area contributed by atoms with Crippen LogP contribution >= 0.6 is 0 Å². The number of likely N-dealkylation sites (N-methyl/N-ethyl adjacent to an activating group) is 1. The second-order valence-corrected chi connectivity index (χ2v) is 9.98. The monoisotopic (exact) mass is 437 g/mol. The van der Waals surface area contributed by atoms with Gasteiger partial charge in [0.15, 0.2) is 21.3 Å². The van der Waals surface area contributed by atoms with E-state index in [-0.39, 0.29) is 18.3 Å². The van der Waals surface area contributed by atoms with Gasteiger partial charge in [-0.25, -0.2) is 13.2 Å². The zero-order valence-corrected chi connectivity index (χ0v) is 17.5. The molecule has 1 aromatic rings. The number of amides is 4. The van der Waals surface area contributed by atoms with Crippen LogP contribution < -0.4 is 14.8 Å². The van der Waals surface area contributed by atoms with Crippen LogP contribution in [0.4, 0.5) is 4.79 Å². The molecule has 0 aromatic heterocycles. The molecule has 2 fully saturated rings. The summed E-state index contributed by atoms with van der Waals surface area (Å²) in [6.45, 7) is 3.24. The van der Waals surface area contributed by atoms with E-state index in [0.29, 0.717) is 30.0 Å². The van der Waals surface area contributed by atoms with Gasteiger partial charge in [0, 0.05) is 12.6 Å². The van der Waals surface area contributed by atoms with Crippen molar-refractivity contribution >= 4 is 27.7 Å². The molecule has 1 aromatic carbocycles. The fourth-order valence-electron chi connectivity index (χ4n) is 4.13. The first-order valence-electron chi connectivity index (χ1n) is 9.69. The number of carbonyl (C=O) groups is 3. The van der Waals surface area contributed by atoms with Crippen molar-refractivity contribution in [2.24, 2.45) is 0 Å². The van der Waals surface area contributed by atoms with Crippen molar-refractivity contribution in [3.05, 3.63) is 23.8 Å². The van der Waals surface area contributed by atoms with Gasteiger partial charge in [0.05, 0.1) is 11.5 Å². The van der Waals surface area contributed by atoms with E-state index in [1.165, 1.54) is 4.90 Å². The summed E-state index contributed by atoms with van der Waals surface area (Å²) in [4.78, 5) is 40.8. The molecule has 3 heterocycles. The third kappa shape index (κ3) is 3.36. The molecule has 0 bridgehead atoms. The Hall–Kier alpha value is -2.82. The number of imide groups is 1. The highest BCUT2D eigenvalue weighted by atomic mass is 32.2. The van der Waals surface area contributed by atoms with Crippen LogP contribution in [0.5, 0.6) is 11.5 Å². The molecule has 0 saturated carbocycles. The van der Waals surface area contributed by atoms with Gasteiger partial charge in [-0.2, -0.15) is 0 Å². The fourth-order valence-corrected chi connectivity index (χ4v) is 5.86. The minimum atomic E-state index is -3.17. The lowest BCUT2D eigenvalue weighted by Crippen LogP contribution is -2.48. The highest BCUT2D eigenvalue weighted by molar-refractivity contribution is 7.91. The maximum Gasteiger partial charge on any atom is 0.325 e. The Morgan fingerprint density at radius 3 is 2.70 bits per heavy atom. The van der Waals surface area contributed by atoms with E-state index in [1.54, 1.807) is 32.0 Å². The lowest BCUT2D eigenvalue weighted by atomic mass is 9.91. The minimum Gasteiger partial charge on any atom is -0.454 e. The van der Waals surface area contributed by atoms with E-state index in [1.807, 2.05) is 0 Å². The Labute approximate surface area is 174 Å². The zero-order chi connectivity index (χ0) is 21.7. The summed E-state index contributed by atoms with van der Waals surface area (Å²) >= 11 is 0. The number of hydrogen-bond donors (Lipinski definition) is 1. The number of urea groups is 1. The number of ether oxygens (including phenoxy) is 2. The van der Waals surface area contributed by atoms with Crippen LogP contribution in [-0.4, -0.2) is 73.5 Å². The molecule has 10 nitrogen and oxygen atoms in total. The second-order valence-electron chi connectivity index (χ2n) is 7.75. The molecule has 0 spiro atoms. The number of nitrogens with one attached hydrogen (secondary N) is 1. The molecule has 30 heavy (non-hydrogen) atoms. The summed E-state index contributed by atoms with van der Waals surface area (Å²) < 4.78 is 34.2. The van der Waals surface area contributed by atoms with Crippen LogP contribution in [-0.2, 0) is 25.0 Å². The van der Waals surface area contributed by atoms with Gasteiger partial charge >= 0.3 is 6.03 Å². The molecule has 1 N–H and O–H groups in total.